The first-order valence-corrected chi connectivity index (χ1v) is 10.6. The standard InChI is InChI=1S/C18H14F3N3O4S2/c1-17(26,18(19,20)21)16(25)24-15-14(30(27,28)13-6-2-3-8-23-13)12(10-29-15)11-5-4-7-22-9-11/h2-10,26H,1H3,(H,24,25). The molecular weight excluding hydrogens is 443 g/mol. The molecule has 7 nitrogen and oxygen atoms in total. The second-order valence-corrected chi connectivity index (χ2v) is 8.96. The Balaban J connectivity index is 2.17. The van der Waals surface area contributed by atoms with E-state index in [1.54, 1.807) is 12.1 Å². The van der Waals surface area contributed by atoms with Crippen molar-refractivity contribution in [2.75, 3.05) is 5.32 Å². The minimum absolute atomic E-state index is 0.126. The van der Waals surface area contributed by atoms with Gasteiger partial charge in [0.25, 0.3) is 5.91 Å². The highest BCUT2D eigenvalue weighted by molar-refractivity contribution is 7.92. The number of aliphatic hydroxyl groups is 1. The van der Waals surface area contributed by atoms with Crippen LogP contribution in [-0.2, 0) is 14.6 Å². The average Bonchev–Trinajstić information content (AvgIpc) is 3.13. The molecule has 1 atom stereocenters. The van der Waals surface area contributed by atoms with Gasteiger partial charge in [0.15, 0.2) is 5.03 Å². The van der Waals surface area contributed by atoms with E-state index in [9.17, 15) is 31.5 Å². The third kappa shape index (κ3) is 3.93. The van der Waals surface area contributed by atoms with Crippen molar-refractivity contribution < 1.29 is 31.5 Å². The largest absolute Gasteiger partial charge is 0.426 e. The Labute approximate surface area is 173 Å². The Morgan fingerprint density at radius 1 is 1.17 bits per heavy atom. The number of aromatic nitrogens is 2. The van der Waals surface area contributed by atoms with Crippen molar-refractivity contribution >= 4 is 32.1 Å². The van der Waals surface area contributed by atoms with Gasteiger partial charge in [-0.2, -0.15) is 13.2 Å². The van der Waals surface area contributed by atoms with Gasteiger partial charge in [-0.15, -0.1) is 11.3 Å². The number of alkyl halides is 3. The number of rotatable bonds is 5. The molecule has 0 fully saturated rings. The number of amides is 1. The lowest BCUT2D eigenvalue weighted by Gasteiger charge is -2.24. The van der Waals surface area contributed by atoms with Crippen molar-refractivity contribution in [3.63, 3.8) is 0 Å². The van der Waals surface area contributed by atoms with Crippen molar-refractivity contribution in [1.82, 2.24) is 9.97 Å². The summed E-state index contributed by atoms with van der Waals surface area (Å²) in [5.74, 6) is -1.81. The number of nitrogens with one attached hydrogen (secondary N) is 1. The van der Waals surface area contributed by atoms with Crippen molar-refractivity contribution in [3.8, 4) is 11.1 Å². The van der Waals surface area contributed by atoms with Gasteiger partial charge in [0.05, 0.1) is 0 Å². The maximum Gasteiger partial charge on any atom is 0.426 e. The number of thiophene rings is 1. The third-order valence-electron chi connectivity index (χ3n) is 4.12. The molecule has 12 heteroatoms. The first-order chi connectivity index (χ1) is 14.0. The van der Waals surface area contributed by atoms with Gasteiger partial charge >= 0.3 is 6.18 Å². The van der Waals surface area contributed by atoms with Crippen LogP contribution in [-0.4, -0.2) is 41.2 Å². The maximum atomic E-state index is 13.2. The Hall–Kier alpha value is -2.83. The van der Waals surface area contributed by atoms with E-state index in [1.165, 1.54) is 42.2 Å². The van der Waals surface area contributed by atoms with Gasteiger partial charge in [-0.05, 0) is 25.1 Å². The highest BCUT2D eigenvalue weighted by Gasteiger charge is 2.56. The molecule has 0 saturated heterocycles. The van der Waals surface area contributed by atoms with Gasteiger partial charge in [-0.25, -0.2) is 13.4 Å². The Morgan fingerprint density at radius 2 is 1.90 bits per heavy atom. The highest BCUT2D eigenvalue weighted by Crippen LogP contribution is 2.42. The summed E-state index contributed by atoms with van der Waals surface area (Å²) in [6.07, 6.45) is -1.18. The monoisotopic (exact) mass is 457 g/mol. The van der Waals surface area contributed by atoms with Gasteiger partial charge in [-0.3, -0.25) is 9.78 Å². The predicted octanol–water partition coefficient (Wildman–Crippen LogP) is 3.29. The number of pyridine rings is 2. The average molecular weight is 457 g/mol. The molecule has 1 amide bonds. The Kier molecular flexibility index (Phi) is 5.67. The van der Waals surface area contributed by atoms with Crippen molar-refractivity contribution in [2.45, 2.75) is 28.6 Å². The number of nitrogens with zero attached hydrogens (tertiary/aromatic N) is 2. The number of carbonyl (C=O) groups is 1. The van der Waals surface area contributed by atoms with E-state index in [0.717, 1.165) is 0 Å². The first-order valence-electron chi connectivity index (χ1n) is 8.25. The summed E-state index contributed by atoms with van der Waals surface area (Å²) in [6.45, 7) is 0.283. The zero-order valence-corrected chi connectivity index (χ0v) is 16.8. The Bertz CT molecular complexity index is 1160. The maximum absolute atomic E-state index is 13.2. The fourth-order valence-corrected chi connectivity index (χ4v) is 5.22. The van der Waals surface area contributed by atoms with E-state index in [1.807, 2.05) is 5.32 Å². The molecule has 3 aromatic heterocycles. The molecule has 0 bridgehead atoms. The highest BCUT2D eigenvalue weighted by atomic mass is 32.2. The minimum atomic E-state index is -5.26. The molecule has 1 unspecified atom stereocenters. The molecule has 0 radical (unpaired) electrons. The van der Waals surface area contributed by atoms with Crippen LogP contribution in [0, 0.1) is 0 Å². The number of hydrogen-bond donors (Lipinski definition) is 2. The van der Waals surface area contributed by atoms with Gasteiger partial charge in [-0.1, -0.05) is 12.1 Å². The van der Waals surface area contributed by atoms with Crippen LogP contribution in [0.5, 0.6) is 0 Å². The van der Waals surface area contributed by atoms with Crippen molar-refractivity contribution in [2.24, 2.45) is 0 Å². The molecule has 158 valence electrons. The smallest absolute Gasteiger partial charge is 0.373 e. The van der Waals surface area contributed by atoms with Crippen LogP contribution in [0.4, 0.5) is 18.2 Å². The molecule has 2 N–H and O–H groups in total. The lowest BCUT2D eigenvalue weighted by Crippen LogP contribution is -2.52. The number of hydrogen-bond acceptors (Lipinski definition) is 7. The lowest BCUT2D eigenvalue weighted by atomic mass is 10.1. The fraction of sp³-hybridized carbons (Fsp3) is 0.167. The van der Waals surface area contributed by atoms with E-state index in [2.05, 4.69) is 9.97 Å². The molecule has 3 rings (SSSR count). The summed E-state index contributed by atoms with van der Waals surface area (Å²) in [5, 5.41) is 12.1. The van der Waals surface area contributed by atoms with Crippen LogP contribution >= 0.6 is 11.3 Å². The third-order valence-corrected chi connectivity index (χ3v) is 6.90. The zero-order chi connectivity index (χ0) is 22.2. The predicted molar refractivity (Wildman–Crippen MR) is 103 cm³/mol. The van der Waals surface area contributed by atoms with Gasteiger partial charge in [0, 0.05) is 35.1 Å². The van der Waals surface area contributed by atoms with Crippen LogP contribution in [0.3, 0.4) is 0 Å². The first kappa shape index (κ1) is 21.9. The van der Waals surface area contributed by atoms with Gasteiger partial charge in [0.2, 0.25) is 15.4 Å². The summed E-state index contributed by atoms with van der Waals surface area (Å²) in [6, 6.07) is 7.26. The fourth-order valence-electron chi connectivity index (χ4n) is 2.39. The van der Waals surface area contributed by atoms with Crippen LogP contribution < -0.4 is 5.32 Å². The van der Waals surface area contributed by atoms with E-state index in [4.69, 9.17) is 0 Å². The second kappa shape index (κ2) is 7.78. The minimum Gasteiger partial charge on any atom is -0.373 e. The molecule has 0 saturated carbocycles. The summed E-state index contributed by atoms with van der Waals surface area (Å²) >= 11 is 0.702. The molecule has 0 aliphatic heterocycles. The van der Waals surface area contributed by atoms with Crippen LogP contribution in [0.1, 0.15) is 6.92 Å². The van der Waals surface area contributed by atoms with Crippen LogP contribution in [0.2, 0.25) is 0 Å². The van der Waals surface area contributed by atoms with E-state index in [-0.39, 0.29) is 22.5 Å². The number of halogens is 3. The Morgan fingerprint density at radius 3 is 2.47 bits per heavy atom. The molecular formula is C18H14F3N3O4S2. The molecule has 3 heterocycles. The number of carbonyl (C=O) groups excluding carboxylic acids is 1. The van der Waals surface area contributed by atoms with Gasteiger partial charge in [0.1, 0.15) is 9.90 Å². The number of anilines is 1. The lowest BCUT2D eigenvalue weighted by molar-refractivity contribution is -0.242. The SMILES string of the molecule is CC(O)(C(=O)Nc1scc(-c2cccnc2)c1S(=O)(=O)c1ccccn1)C(F)(F)F. The van der Waals surface area contributed by atoms with Crippen LogP contribution in [0.15, 0.2) is 64.2 Å². The van der Waals surface area contributed by atoms with Crippen molar-refractivity contribution in [3.05, 3.63) is 54.3 Å². The van der Waals surface area contributed by atoms with Gasteiger partial charge < -0.3 is 10.4 Å². The summed E-state index contributed by atoms with van der Waals surface area (Å²) in [7, 11) is -4.34. The molecule has 30 heavy (non-hydrogen) atoms. The second-order valence-electron chi connectivity index (χ2n) is 6.24. The molecule has 0 aliphatic rings. The van der Waals surface area contributed by atoms with E-state index < -0.39 is 32.4 Å². The summed E-state index contributed by atoms with van der Waals surface area (Å²) < 4.78 is 65.5. The molecule has 0 aliphatic carbocycles. The summed E-state index contributed by atoms with van der Waals surface area (Å²) in [4.78, 5) is 19.4. The molecule has 0 spiro atoms. The number of sulfone groups is 1. The van der Waals surface area contributed by atoms with Crippen molar-refractivity contribution in [1.29, 1.82) is 0 Å². The topological polar surface area (TPSA) is 109 Å². The quantitative estimate of drug-likeness (QED) is 0.609. The molecule has 3 aromatic rings. The van der Waals surface area contributed by atoms with Crippen LogP contribution in [0.25, 0.3) is 11.1 Å². The normalized spacial score (nSPS) is 14.2. The van der Waals surface area contributed by atoms with E-state index in [0.29, 0.717) is 16.9 Å². The zero-order valence-electron chi connectivity index (χ0n) is 15.2. The summed E-state index contributed by atoms with van der Waals surface area (Å²) in [5.41, 5.74) is -3.23. The molecule has 0 aromatic carbocycles. The van der Waals surface area contributed by atoms with E-state index >= 15 is 0 Å².